The summed E-state index contributed by atoms with van der Waals surface area (Å²) in [6.07, 6.45) is 0.768. The molecule has 0 atom stereocenters. The van der Waals surface area contributed by atoms with E-state index < -0.39 is 0 Å². The molecule has 0 unspecified atom stereocenters. The standard InChI is InChI=1S/C15H14ClN3/c16-12-4-1-10(2-5-12)8-15-18-13-6-3-11(9-17)7-14(13)19-15/h1-7H,8-9,17H2,(H,18,19). The number of nitrogens with one attached hydrogen (secondary N) is 1. The van der Waals surface area contributed by atoms with Crippen LogP contribution in [0.2, 0.25) is 5.02 Å². The van der Waals surface area contributed by atoms with Crippen molar-refractivity contribution in [2.45, 2.75) is 13.0 Å². The maximum Gasteiger partial charge on any atom is 0.111 e. The molecular formula is C15H14ClN3. The highest BCUT2D eigenvalue weighted by Gasteiger charge is 2.04. The van der Waals surface area contributed by atoms with Gasteiger partial charge in [0, 0.05) is 18.0 Å². The summed E-state index contributed by atoms with van der Waals surface area (Å²) in [7, 11) is 0. The van der Waals surface area contributed by atoms with Gasteiger partial charge in [0.2, 0.25) is 0 Å². The first-order valence-corrected chi connectivity index (χ1v) is 6.54. The van der Waals surface area contributed by atoms with E-state index in [0.717, 1.165) is 33.9 Å². The van der Waals surface area contributed by atoms with Crippen molar-refractivity contribution in [1.82, 2.24) is 9.97 Å². The minimum atomic E-state index is 0.543. The molecule has 0 fully saturated rings. The fourth-order valence-corrected chi connectivity index (χ4v) is 2.24. The fourth-order valence-electron chi connectivity index (χ4n) is 2.12. The zero-order chi connectivity index (χ0) is 13.2. The van der Waals surface area contributed by atoms with Crippen molar-refractivity contribution in [1.29, 1.82) is 0 Å². The first-order chi connectivity index (χ1) is 9.24. The third kappa shape index (κ3) is 2.62. The van der Waals surface area contributed by atoms with Gasteiger partial charge >= 0.3 is 0 Å². The summed E-state index contributed by atoms with van der Waals surface area (Å²) in [6.45, 7) is 0.543. The van der Waals surface area contributed by atoms with Crippen molar-refractivity contribution >= 4 is 22.6 Å². The van der Waals surface area contributed by atoms with Crippen LogP contribution in [0.4, 0.5) is 0 Å². The molecule has 0 spiro atoms. The largest absolute Gasteiger partial charge is 0.342 e. The summed E-state index contributed by atoms with van der Waals surface area (Å²) in [4.78, 5) is 7.91. The maximum atomic E-state index is 5.88. The average molecular weight is 272 g/mol. The van der Waals surface area contributed by atoms with E-state index in [1.807, 2.05) is 42.5 Å². The van der Waals surface area contributed by atoms with Crippen LogP contribution in [0.25, 0.3) is 11.0 Å². The number of hydrogen-bond donors (Lipinski definition) is 2. The molecule has 0 aliphatic rings. The first kappa shape index (κ1) is 12.2. The van der Waals surface area contributed by atoms with Crippen LogP contribution in [0.5, 0.6) is 0 Å². The van der Waals surface area contributed by atoms with Gasteiger partial charge in [-0.15, -0.1) is 0 Å². The van der Waals surface area contributed by atoms with Crippen LogP contribution in [0.1, 0.15) is 17.0 Å². The van der Waals surface area contributed by atoms with E-state index in [4.69, 9.17) is 17.3 Å². The Morgan fingerprint density at radius 3 is 2.53 bits per heavy atom. The van der Waals surface area contributed by atoms with Gasteiger partial charge in [0.1, 0.15) is 5.82 Å². The summed E-state index contributed by atoms with van der Waals surface area (Å²) in [5, 5.41) is 0.751. The number of halogens is 1. The Kier molecular flexibility index (Phi) is 3.23. The molecular weight excluding hydrogens is 258 g/mol. The quantitative estimate of drug-likeness (QED) is 0.768. The Morgan fingerprint density at radius 2 is 1.79 bits per heavy atom. The van der Waals surface area contributed by atoms with E-state index in [1.54, 1.807) is 0 Å². The van der Waals surface area contributed by atoms with Crippen LogP contribution < -0.4 is 5.73 Å². The third-order valence-electron chi connectivity index (χ3n) is 3.12. The number of benzene rings is 2. The summed E-state index contributed by atoms with van der Waals surface area (Å²) in [5.74, 6) is 0.950. The zero-order valence-electron chi connectivity index (χ0n) is 10.4. The number of nitrogens with zero attached hydrogens (tertiary/aromatic N) is 1. The number of imidazole rings is 1. The highest BCUT2D eigenvalue weighted by atomic mass is 35.5. The average Bonchev–Trinajstić information content (AvgIpc) is 2.82. The van der Waals surface area contributed by atoms with Gasteiger partial charge in [-0.2, -0.15) is 0 Å². The van der Waals surface area contributed by atoms with Gasteiger partial charge in [0.15, 0.2) is 0 Å². The Hall–Kier alpha value is -1.84. The first-order valence-electron chi connectivity index (χ1n) is 6.16. The minimum absolute atomic E-state index is 0.543. The lowest BCUT2D eigenvalue weighted by molar-refractivity contribution is 1.04. The highest BCUT2D eigenvalue weighted by Crippen LogP contribution is 2.17. The van der Waals surface area contributed by atoms with Gasteiger partial charge in [-0.3, -0.25) is 0 Å². The van der Waals surface area contributed by atoms with Crippen LogP contribution in [-0.2, 0) is 13.0 Å². The van der Waals surface area contributed by atoms with E-state index >= 15 is 0 Å². The second-order valence-corrected chi connectivity index (χ2v) is 4.98. The number of fused-ring (bicyclic) bond motifs is 1. The molecule has 0 saturated heterocycles. The topological polar surface area (TPSA) is 54.7 Å². The van der Waals surface area contributed by atoms with Crippen molar-refractivity contribution < 1.29 is 0 Å². The maximum absolute atomic E-state index is 5.88. The van der Waals surface area contributed by atoms with E-state index in [2.05, 4.69) is 9.97 Å². The molecule has 1 aromatic heterocycles. The Labute approximate surface area is 116 Å². The molecule has 3 N–H and O–H groups in total. The molecule has 0 aliphatic carbocycles. The zero-order valence-corrected chi connectivity index (χ0v) is 11.1. The number of aromatic nitrogens is 2. The summed E-state index contributed by atoms with van der Waals surface area (Å²) < 4.78 is 0. The van der Waals surface area contributed by atoms with E-state index in [-0.39, 0.29) is 0 Å². The minimum Gasteiger partial charge on any atom is -0.342 e. The van der Waals surface area contributed by atoms with Gasteiger partial charge in [-0.25, -0.2) is 4.98 Å². The second kappa shape index (κ2) is 5.03. The molecule has 0 aliphatic heterocycles. The molecule has 0 saturated carbocycles. The van der Waals surface area contributed by atoms with Gasteiger partial charge < -0.3 is 10.7 Å². The molecule has 4 heteroatoms. The van der Waals surface area contributed by atoms with Crippen molar-refractivity contribution in [3.05, 3.63) is 64.4 Å². The smallest absolute Gasteiger partial charge is 0.111 e. The van der Waals surface area contributed by atoms with Gasteiger partial charge in [0.25, 0.3) is 0 Å². The van der Waals surface area contributed by atoms with Crippen molar-refractivity contribution in [2.75, 3.05) is 0 Å². The second-order valence-electron chi connectivity index (χ2n) is 4.54. The molecule has 1 heterocycles. The van der Waals surface area contributed by atoms with Crippen LogP contribution in [0.3, 0.4) is 0 Å². The molecule has 3 nitrogen and oxygen atoms in total. The number of hydrogen-bond acceptors (Lipinski definition) is 2. The van der Waals surface area contributed by atoms with Crippen molar-refractivity contribution in [3.8, 4) is 0 Å². The lowest BCUT2D eigenvalue weighted by atomic mass is 10.1. The molecule has 0 radical (unpaired) electrons. The number of H-pyrrole nitrogens is 1. The lowest BCUT2D eigenvalue weighted by Crippen LogP contribution is -1.95. The van der Waals surface area contributed by atoms with E-state index in [0.29, 0.717) is 6.54 Å². The summed E-state index contributed by atoms with van der Waals surface area (Å²) in [6, 6.07) is 13.9. The number of nitrogens with two attached hydrogens (primary N) is 1. The van der Waals surface area contributed by atoms with Crippen LogP contribution >= 0.6 is 11.6 Å². The number of rotatable bonds is 3. The monoisotopic (exact) mass is 271 g/mol. The lowest BCUT2D eigenvalue weighted by Gasteiger charge is -1.97. The van der Waals surface area contributed by atoms with Crippen LogP contribution in [0.15, 0.2) is 42.5 Å². The summed E-state index contributed by atoms with van der Waals surface area (Å²) in [5.41, 5.74) is 9.93. The molecule has 96 valence electrons. The molecule has 3 rings (SSSR count). The van der Waals surface area contributed by atoms with Gasteiger partial charge in [-0.1, -0.05) is 29.8 Å². The Morgan fingerprint density at radius 1 is 1.05 bits per heavy atom. The SMILES string of the molecule is NCc1ccc2nc(Cc3ccc(Cl)cc3)[nH]c2c1. The van der Waals surface area contributed by atoms with E-state index in [9.17, 15) is 0 Å². The Bertz CT molecular complexity index is 701. The van der Waals surface area contributed by atoms with Gasteiger partial charge in [-0.05, 0) is 35.4 Å². The number of aromatic amines is 1. The predicted molar refractivity (Wildman–Crippen MR) is 78.2 cm³/mol. The normalized spacial score (nSPS) is 11.1. The van der Waals surface area contributed by atoms with Crippen LogP contribution in [-0.4, -0.2) is 9.97 Å². The predicted octanol–water partition coefficient (Wildman–Crippen LogP) is 3.27. The molecule has 2 aromatic carbocycles. The molecule has 3 aromatic rings. The highest BCUT2D eigenvalue weighted by molar-refractivity contribution is 6.30. The van der Waals surface area contributed by atoms with Crippen molar-refractivity contribution in [3.63, 3.8) is 0 Å². The Balaban J connectivity index is 1.90. The third-order valence-corrected chi connectivity index (χ3v) is 3.37. The molecule has 19 heavy (non-hydrogen) atoms. The molecule has 0 bridgehead atoms. The van der Waals surface area contributed by atoms with E-state index in [1.165, 1.54) is 5.56 Å². The fraction of sp³-hybridized carbons (Fsp3) is 0.133. The van der Waals surface area contributed by atoms with Crippen molar-refractivity contribution in [2.24, 2.45) is 5.73 Å². The van der Waals surface area contributed by atoms with Gasteiger partial charge in [0.05, 0.1) is 11.0 Å². The molecule has 0 amide bonds. The van der Waals surface area contributed by atoms with Crippen LogP contribution in [0, 0.1) is 0 Å². The summed E-state index contributed by atoms with van der Waals surface area (Å²) >= 11 is 5.88.